The van der Waals surface area contributed by atoms with Gasteiger partial charge in [0.05, 0.1) is 36.9 Å². The Morgan fingerprint density at radius 1 is 0.963 bits per heavy atom. The van der Waals surface area contributed by atoms with Gasteiger partial charge < -0.3 is 19.3 Å². The maximum absolute atomic E-state index is 15.0. The number of nitrogens with zero attached hydrogens (tertiary/aromatic N) is 9. The summed E-state index contributed by atoms with van der Waals surface area (Å²) in [5, 5.41) is 11.0. The predicted molar refractivity (Wildman–Crippen MR) is 200 cm³/mol. The van der Waals surface area contributed by atoms with Crippen molar-refractivity contribution < 1.29 is 23.0 Å². The molecule has 12 nitrogen and oxygen atoms in total. The molecule has 14 heteroatoms. The summed E-state index contributed by atoms with van der Waals surface area (Å²) in [6.45, 7) is 5.66. The lowest BCUT2D eigenvalue weighted by Crippen LogP contribution is -2.47. The second-order valence-electron chi connectivity index (χ2n) is 14.3. The SMILES string of the molecule is Cn1nc2cccc3c2c1CCCN(CCCN1CCOCC1)C(=O)C1CC(CN1c1ncnc2c1cnn2-c1ccc(F)cc1F)Oc1cccc-3c1. The molecule has 278 valence electrons. The molecule has 6 aromatic rings. The van der Waals surface area contributed by atoms with Crippen LogP contribution in [0.5, 0.6) is 5.75 Å². The Morgan fingerprint density at radius 2 is 1.83 bits per heavy atom. The Hall–Kier alpha value is -5.47. The van der Waals surface area contributed by atoms with Crippen molar-refractivity contribution in [2.24, 2.45) is 7.05 Å². The van der Waals surface area contributed by atoms with Gasteiger partial charge in [-0.2, -0.15) is 10.2 Å². The van der Waals surface area contributed by atoms with Crippen LogP contribution in [0, 0.1) is 11.6 Å². The highest BCUT2D eigenvalue weighted by Gasteiger charge is 2.42. The lowest BCUT2D eigenvalue weighted by atomic mass is 9.98. The topological polar surface area (TPSA) is 107 Å². The largest absolute Gasteiger partial charge is 0.488 e. The van der Waals surface area contributed by atoms with Gasteiger partial charge in [-0.1, -0.05) is 24.3 Å². The zero-order valence-electron chi connectivity index (χ0n) is 30.1. The minimum atomic E-state index is -0.763. The minimum Gasteiger partial charge on any atom is -0.488 e. The van der Waals surface area contributed by atoms with Crippen LogP contribution >= 0.6 is 0 Å². The number of aromatic nitrogens is 6. The number of morpholine rings is 1. The Kier molecular flexibility index (Phi) is 9.15. The highest BCUT2D eigenvalue weighted by atomic mass is 19.1. The molecule has 3 aliphatic rings. The van der Waals surface area contributed by atoms with Crippen molar-refractivity contribution in [3.8, 4) is 22.6 Å². The lowest BCUT2D eigenvalue weighted by molar-refractivity contribution is -0.132. The maximum Gasteiger partial charge on any atom is 0.245 e. The fourth-order valence-corrected chi connectivity index (χ4v) is 8.30. The van der Waals surface area contributed by atoms with Gasteiger partial charge in [0, 0.05) is 63.3 Å². The summed E-state index contributed by atoms with van der Waals surface area (Å²) in [5.41, 5.74) is 4.61. The van der Waals surface area contributed by atoms with Gasteiger partial charge in [0.15, 0.2) is 11.5 Å². The van der Waals surface area contributed by atoms with Crippen LogP contribution in [-0.4, -0.2) is 110 Å². The van der Waals surface area contributed by atoms with E-state index in [1.807, 2.05) is 39.7 Å². The van der Waals surface area contributed by atoms with Crippen molar-refractivity contribution in [3.63, 3.8) is 0 Å². The number of benzene rings is 3. The third kappa shape index (κ3) is 6.42. The first-order valence-electron chi connectivity index (χ1n) is 18.6. The predicted octanol–water partition coefficient (Wildman–Crippen LogP) is 5.17. The third-order valence-corrected chi connectivity index (χ3v) is 10.9. The van der Waals surface area contributed by atoms with Gasteiger partial charge in [-0.25, -0.2) is 23.4 Å². The fourth-order valence-electron chi connectivity index (χ4n) is 8.30. The van der Waals surface area contributed by atoms with Gasteiger partial charge in [-0.3, -0.25) is 14.4 Å². The standard InChI is InChI=1S/C40H41F2N9O3/c1-47-35-10-4-14-49(15-5-13-48-16-18-53-19-17-48)40(52)36-22-29(54-28-7-2-6-26(20-28)30-8-3-9-33(46-47)37(30)35)24-50(36)38-31-23-45-51(39(31)44-25-43-38)34-12-11-27(41)21-32(34)42/h2-3,6-9,11-12,20-21,23,25,29,36H,4-5,10,13-19,22,24H2,1H3. The van der Waals surface area contributed by atoms with Crippen molar-refractivity contribution in [1.82, 2.24) is 39.3 Å². The minimum absolute atomic E-state index is 0.00554. The van der Waals surface area contributed by atoms with Crippen molar-refractivity contribution in [2.75, 3.05) is 57.4 Å². The average Bonchev–Trinajstić information content (AvgIpc) is 3.89. The molecule has 2 fully saturated rings. The molecule has 2 atom stereocenters. The van der Waals surface area contributed by atoms with E-state index < -0.39 is 17.7 Å². The van der Waals surface area contributed by atoms with Crippen molar-refractivity contribution >= 4 is 33.7 Å². The van der Waals surface area contributed by atoms with E-state index in [4.69, 9.17) is 19.6 Å². The molecule has 54 heavy (non-hydrogen) atoms. The van der Waals surface area contributed by atoms with E-state index in [-0.39, 0.29) is 17.7 Å². The maximum atomic E-state index is 15.0. The number of aryl methyl sites for hydroxylation is 2. The summed E-state index contributed by atoms with van der Waals surface area (Å²) >= 11 is 0. The number of rotatable bonds is 6. The van der Waals surface area contributed by atoms with E-state index in [2.05, 4.69) is 39.2 Å². The van der Waals surface area contributed by atoms with Gasteiger partial charge in [-0.05, 0) is 60.7 Å². The molecule has 3 aliphatic heterocycles. The molecule has 0 aliphatic carbocycles. The lowest BCUT2D eigenvalue weighted by Gasteiger charge is -2.32. The van der Waals surface area contributed by atoms with Crippen LogP contribution in [-0.2, 0) is 23.0 Å². The summed E-state index contributed by atoms with van der Waals surface area (Å²) in [5.74, 6) is -0.229. The number of amides is 1. The van der Waals surface area contributed by atoms with E-state index in [0.29, 0.717) is 48.7 Å². The number of hydrogen-bond donors (Lipinski definition) is 0. The molecule has 0 saturated carbocycles. The molecule has 0 N–H and O–H groups in total. The summed E-state index contributed by atoms with van der Waals surface area (Å²) in [6.07, 6.45) is 5.41. The number of ether oxygens (including phenoxy) is 2. The number of carbonyl (C=O) groups excluding carboxylic acids is 1. The van der Waals surface area contributed by atoms with E-state index >= 15 is 0 Å². The summed E-state index contributed by atoms with van der Waals surface area (Å²) in [7, 11) is 1.99. The fraction of sp³-hybridized carbons (Fsp3) is 0.375. The molecule has 2 unspecified atom stereocenters. The Morgan fingerprint density at radius 3 is 2.70 bits per heavy atom. The molecule has 0 spiro atoms. The van der Waals surface area contributed by atoms with Gasteiger partial charge in [0.1, 0.15) is 41.5 Å². The molecular weight excluding hydrogens is 692 g/mol. The van der Waals surface area contributed by atoms with Crippen LogP contribution in [0.2, 0.25) is 0 Å². The zero-order valence-corrected chi connectivity index (χ0v) is 30.1. The molecule has 9 rings (SSSR count). The molecule has 0 radical (unpaired) electrons. The first kappa shape index (κ1) is 34.3. The molecular formula is C40H41F2N9O3. The van der Waals surface area contributed by atoms with Gasteiger partial charge in [-0.15, -0.1) is 0 Å². The first-order valence-corrected chi connectivity index (χ1v) is 18.6. The Balaban J connectivity index is 1.10. The van der Waals surface area contributed by atoms with Crippen molar-refractivity contribution in [1.29, 1.82) is 0 Å². The molecule has 1 amide bonds. The molecule has 4 bridgehead atoms. The molecule has 3 aromatic heterocycles. The van der Waals surface area contributed by atoms with Crippen LogP contribution < -0.4 is 9.64 Å². The van der Waals surface area contributed by atoms with E-state index in [1.54, 1.807) is 6.20 Å². The average molecular weight is 734 g/mol. The second kappa shape index (κ2) is 14.4. The van der Waals surface area contributed by atoms with Crippen LogP contribution in [0.4, 0.5) is 14.6 Å². The summed E-state index contributed by atoms with van der Waals surface area (Å²) < 4.78 is 44.3. The second-order valence-corrected chi connectivity index (χ2v) is 14.3. The van der Waals surface area contributed by atoms with Crippen molar-refractivity contribution in [3.05, 3.63) is 90.5 Å². The molecule has 2 saturated heterocycles. The molecule has 3 aromatic carbocycles. The van der Waals surface area contributed by atoms with Crippen LogP contribution in [0.3, 0.4) is 0 Å². The van der Waals surface area contributed by atoms with E-state index in [0.717, 1.165) is 85.9 Å². The molecule has 6 heterocycles. The highest BCUT2D eigenvalue weighted by molar-refractivity contribution is 5.97. The highest BCUT2D eigenvalue weighted by Crippen LogP contribution is 2.37. The quantitative estimate of drug-likeness (QED) is 0.229. The number of carbonyl (C=O) groups is 1. The van der Waals surface area contributed by atoms with Gasteiger partial charge in [0.2, 0.25) is 5.91 Å². The van der Waals surface area contributed by atoms with Gasteiger partial charge in [0.25, 0.3) is 0 Å². The Labute approximate surface area is 310 Å². The number of fused-ring (bicyclic) bond motifs is 6. The summed E-state index contributed by atoms with van der Waals surface area (Å²) in [4.78, 5) is 30.5. The summed E-state index contributed by atoms with van der Waals surface area (Å²) in [6, 6.07) is 17.1. The van der Waals surface area contributed by atoms with Crippen LogP contribution in [0.1, 0.15) is 25.0 Å². The first-order chi connectivity index (χ1) is 26.4. The normalized spacial score (nSPS) is 19.6. The number of anilines is 1. The smallest absolute Gasteiger partial charge is 0.245 e. The number of halogens is 2. The van der Waals surface area contributed by atoms with Gasteiger partial charge >= 0.3 is 0 Å². The van der Waals surface area contributed by atoms with Crippen LogP contribution in [0.25, 0.3) is 38.8 Å². The monoisotopic (exact) mass is 733 g/mol. The van der Waals surface area contributed by atoms with E-state index in [1.165, 1.54) is 23.1 Å². The third-order valence-electron chi connectivity index (χ3n) is 10.9. The van der Waals surface area contributed by atoms with E-state index in [9.17, 15) is 13.6 Å². The zero-order chi connectivity index (χ0) is 36.8. The van der Waals surface area contributed by atoms with Crippen LogP contribution in [0.15, 0.2) is 73.2 Å². The van der Waals surface area contributed by atoms with Crippen molar-refractivity contribution in [2.45, 2.75) is 37.8 Å². The number of hydrogen-bond acceptors (Lipinski definition) is 9. The Bertz CT molecular complexity index is 2340.